The summed E-state index contributed by atoms with van der Waals surface area (Å²) in [5.41, 5.74) is 3.94. The van der Waals surface area contributed by atoms with E-state index in [1.54, 1.807) is 42.5 Å². The topological polar surface area (TPSA) is 92.3 Å². The van der Waals surface area contributed by atoms with Crippen LogP contribution in [0.4, 0.5) is 11.4 Å². The van der Waals surface area contributed by atoms with Gasteiger partial charge in [0.2, 0.25) is 5.91 Å². The fourth-order valence-corrected chi connectivity index (χ4v) is 6.27. The third-order valence-corrected chi connectivity index (χ3v) is 8.96. The van der Waals surface area contributed by atoms with Crippen molar-refractivity contribution in [3.8, 4) is 11.1 Å². The molecule has 2 N–H and O–H groups in total. The average Bonchev–Trinajstić information content (AvgIpc) is 3.73. The highest BCUT2D eigenvalue weighted by Gasteiger charge is 2.29. The van der Waals surface area contributed by atoms with Crippen LogP contribution in [0.2, 0.25) is 0 Å². The maximum absolute atomic E-state index is 13.2. The SMILES string of the molecule is O=C(Cc1ccc(S(=O)(=O)CC2CC2)cc1)Nc1ccc(C(=O)Nc2ccccc2)c(-c2ccc(Br)cc2)c1. The average molecular weight is 604 g/mol. The summed E-state index contributed by atoms with van der Waals surface area (Å²) in [6.45, 7) is 0. The van der Waals surface area contributed by atoms with Gasteiger partial charge >= 0.3 is 0 Å². The highest BCUT2D eigenvalue weighted by Crippen LogP contribution is 2.32. The number of hydrogen-bond donors (Lipinski definition) is 2. The second-order valence-corrected chi connectivity index (χ2v) is 12.6. The van der Waals surface area contributed by atoms with Gasteiger partial charge in [-0.3, -0.25) is 9.59 Å². The molecule has 39 heavy (non-hydrogen) atoms. The second-order valence-electron chi connectivity index (χ2n) is 9.68. The minimum atomic E-state index is -3.29. The molecule has 1 saturated carbocycles. The van der Waals surface area contributed by atoms with Gasteiger partial charge in [-0.2, -0.15) is 0 Å². The number of halogens is 1. The molecular formula is C31H27BrN2O4S. The van der Waals surface area contributed by atoms with Gasteiger partial charge in [0.15, 0.2) is 9.84 Å². The Morgan fingerprint density at radius 1 is 0.795 bits per heavy atom. The maximum atomic E-state index is 13.2. The molecule has 5 rings (SSSR count). The first-order valence-corrected chi connectivity index (χ1v) is 15.1. The van der Waals surface area contributed by atoms with Crippen LogP contribution in [0, 0.1) is 5.92 Å². The first kappa shape index (κ1) is 26.8. The monoisotopic (exact) mass is 602 g/mol. The van der Waals surface area contributed by atoms with Crippen molar-refractivity contribution in [1.29, 1.82) is 0 Å². The molecular weight excluding hydrogens is 576 g/mol. The molecule has 0 saturated heterocycles. The molecule has 1 fully saturated rings. The van der Waals surface area contributed by atoms with Gasteiger partial charge in [-0.25, -0.2) is 8.42 Å². The lowest BCUT2D eigenvalue weighted by Gasteiger charge is -2.14. The van der Waals surface area contributed by atoms with Crippen molar-refractivity contribution < 1.29 is 18.0 Å². The number of rotatable bonds is 9. The van der Waals surface area contributed by atoms with E-state index in [9.17, 15) is 18.0 Å². The molecule has 0 bridgehead atoms. The Morgan fingerprint density at radius 3 is 2.15 bits per heavy atom. The molecule has 0 spiro atoms. The first-order valence-electron chi connectivity index (χ1n) is 12.6. The molecule has 4 aromatic carbocycles. The fourth-order valence-electron chi connectivity index (χ4n) is 4.30. The molecule has 0 radical (unpaired) electrons. The van der Waals surface area contributed by atoms with Crippen LogP contribution in [0.15, 0.2) is 106 Å². The number of carbonyl (C=O) groups is 2. The zero-order chi connectivity index (χ0) is 27.4. The predicted molar refractivity (Wildman–Crippen MR) is 158 cm³/mol. The molecule has 1 aliphatic rings. The van der Waals surface area contributed by atoms with Crippen LogP contribution < -0.4 is 10.6 Å². The van der Waals surface area contributed by atoms with Crippen LogP contribution in [0.5, 0.6) is 0 Å². The number of carbonyl (C=O) groups excluding carboxylic acids is 2. The van der Waals surface area contributed by atoms with E-state index in [2.05, 4.69) is 26.6 Å². The summed E-state index contributed by atoms with van der Waals surface area (Å²) in [6.07, 6.45) is 2.03. The van der Waals surface area contributed by atoms with Crippen molar-refractivity contribution >= 4 is 49.0 Å². The van der Waals surface area contributed by atoms with Gasteiger partial charge in [-0.15, -0.1) is 0 Å². The first-order chi connectivity index (χ1) is 18.8. The van der Waals surface area contributed by atoms with Crippen LogP contribution in [-0.4, -0.2) is 26.0 Å². The van der Waals surface area contributed by atoms with Crippen molar-refractivity contribution in [3.63, 3.8) is 0 Å². The standard InChI is InChI=1S/C31H27BrN2O4S/c32-24-12-10-23(11-13-24)29-19-26(14-17-28(29)31(36)34-25-4-2-1-3-5-25)33-30(35)18-21-8-15-27(16-9-21)39(37,38)20-22-6-7-22/h1-5,8-17,19,22H,6-7,18,20H2,(H,33,35)(H,34,36). The van der Waals surface area contributed by atoms with E-state index >= 15 is 0 Å². The van der Waals surface area contributed by atoms with Crippen LogP contribution in [0.25, 0.3) is 11.1 Å². The number of benzene rings is 4. The fraction of sp³-hybridized carbons (Fsp3) is 0.161. The summed E-state index contributed by atoms with van der Waals surface area (Å²) in [5, 5.41) is 5.83. The lowest BCUT2D eigenvalue weighted by Crippen LogP contribution is -2.16. The minimum absolute atomic E-state index is 0.0901. The number of sulfone groups is 1. The van der Waals surface area contributed by atoms with Gasteiger partial charge in [0.05, 0.1) is 17.1 Å². The van der Waals surface area contributed by atoms with Crippen molar-refractivity contribution in [2.75, 3.05) is 16.4 Å². The highest BCUT2D eigenvalue weighted by atomic mass is 79.9. The molecule has 1 aliphatic carbocycles. The van der Waals surface area contributed by atoms with Crippen molar-refractivity contribution in [2.45, 2.75) is 24.2 Å². The summed E-state index contributed by atoms with van der Waals surface area (Å²) in [7, 11) is -3.29. The Balaban J connectivity index is 1.33. The van der Waals surface area contributed by atoms with E-state index in [0.717, 1.165) is 22.9 Å². The molecule has 198 valence electrons. The number of amides is 2. The summed E-state index contributed by atoms with van der Waals surface area (Å²) >= 11 is 3.45. The molecule has 0 aliphatic heterocycles. The molecule has 0 heterocycles. The van der Waals surface area contributed by atoms with Crippen LogP contribution >= 0.6 is 15.9 Å². The molecule has 8 heteroatoms. The van der Waals surface area contributed by atoms with Gasteiger partial charge in [0.1, 0.15) is 0 Å². The summed E-state index contributed by atoms with van der Waals surface area (Å²) in [6, 6.07) is 28.5. The van der Waals surface area contributed by atoms with Gasteiger partial charge in [-0.1, -0.05) is 58.4 Å². The normalized spacial score (nSPS) is 13.1. The number of para-hydroxylation sites is 1. The smallest absolute Gasteiger partial charge is 0.256 e. The van der Waals surface area contributed by atoms with Gasteiger partial charge < -0.3 is 10.6 Å². The zero-order valence-corrected chi connectivity index (χ0v) is 23.5. The minimum Gasteiger partial charge on any atom is -0.326 e. The Bertz CT molecular complexity index is 1600. The number of anilines is 2. The summed E-state index contributed by atoms with van der Waals surface area (Å²) < 4.78 is 25.9. The highest BCUT2D eigenvalue weighted by molar-refractivity contribution is 9.10. The molecule has 6 nitrogen and oxygen atoms in total. The molecule has 0 aromatic heterocycles. The predicted octanol–water partition coefficient (Wildman–Crippen LogP) is 6.73. The van der Waals surface area contributed by atoms with Crippen LogP contribution in [-0.2, 0) is 21.1 Å². The summed E-state index contributed by atoms with van der Waals surface area (Å²) in [5.74, 6) is -0.0356. The zero-order valence-electron chi connectivity index (χ0n) is 21.1. The van der Waals surface area contributed by atoms with Crippen molar-refractivity contribution in [2.24, 2.45) is 5.92 Å². The van der Waals surface area contributed by atoms with Gasteiger partial charge in [0, 0.05) is 21.4 Å². The van der Waals surface area contributed by atoms with E-state index in [1.165, 1.54) is 0 Å². The Hall–Kier alpha value is -3.75. The third-order valence-electron chi connectivity index (χ3n) is 6.53. The second kappa shape index (κ2) is 11.6. The van der Waals surface area contributed by atoms with Gasteiger partial charge in [-0.05, 0) is 90.0 Å². The van der Waals surface area contributed by atoms with Crippen LogP contribution in [0.1, 0.15) is 28.8 Å². The van der Waals surface area contributed by atoms with Crippen molar-refractivity contribution in [1.82, 2.24) is 0 Å². The third kappa shape index (κ3) is 7.02. The Kier molecular flexibility index (Phi) is 7.95. The quantitative estimate of drug-likeness (QED) is 0.222. The Morgan fingerprint density at radius 2 is 1.49 bits per heavy atom. The number of nitrogens with one attached hydrogen (secondary N) is 2. The molecule has 0 unspecified atom stereocenters. The summed E-state index contributed by atoms with van der Waals surface area (Å²) in [4.78, 5) is 26.3. The molecule has 2 amide bonds. The molecule has 0 atom stereocenters. The maximum Gasteiger partial charge on any atom is 0.256 e. The van der Waals surface area contributed by atoms with E-state index in [0.29, 0.717) is 33.0 Å². The van der Waals surface area contributed by atoms with Crippen LogP contribution in [0.3, 0.4) is 0 Å². The van der Waals surface area contributed by atoms with Gasteiger partial charge in [0.25, 0.3) is 5.91 Å². The largest absolute Gasteiger partial charge is 0.326 e. The van der Waals surface area contributed by atoms with E-state index in [1.807, 2.05) is 54.6 Å². The lowest BCUT2D eigenvalue weighted by atomic mass is 9.98. The molecule has 4 aromatic rings. The number of hydrogen-bond acceptors (Lipinski definition) is 4. The van der Waals surface area contributed by atoms with E-state index in [-0.39, 0.29) is 29.9 Å². The Labute approximate surface area is 236 Å². The lowest BCUT2D eigenvalue weighted by molar-refractivity contribution is -0.115. The van der Waals surface area contributed by atoms with E-state index < -0.39 is 9.84 Å². The van der Waals surface area contributed by atoms with E-state index in [4.69, 9.17) is 0 Å². The van der Waals surface area contributed by atoms with Crippen molar-refractivity contribution in [3.05, 3.63) is 113 Å².